The zero-order valence-corrected chi connectivity index (χ0v) is 14.8. The minimum Gasteiger partial charge on any atom is -0.363 e. The number of anilines is 1. The summed E-state index contributed by atoms with van der Waals surface area (Å²) >= 11 is 0. The van der Waals surface area contributed by atoms with Gasteiger partial charge in [-0.1, -0.05) is 42.5 Å². The average Bonchev–Trinajstić information content (AvgIpc) is 2.69. The van der Waals surface area contributed by atoms with Gasteiger partial charge in [0.15, 0.2) is 0 Å². The van der Waals surface area contributed by atoms with Gasteiger partial charge < -0.3 is 4.90 Å². The van der Waals surface area contributed by atoms with Gasteiger partial charge in [0.2, 0.25) is 0 Å². The van der Waals surface area contributed by atoms with Crippen molar-refractivity contribution in [1.29, 1.82) is 0 Å². The van der Waals surface area contributed by atoms with E-state index in [4.69, 9.17) is 0 Å². The van der Waals surface area contributed by atoms with E-state index in [0.717, 1.165) is 25.7 Å². The number of hydrogen-bond donors (Lipinski definition) is 0. The van der Waals surface area contributed by atoms with Crippen LogP contribution in [0.5, 0.6) is 0 Å². The largest absolute Gasteiger partial charge is 0.363 e. The van der Waals surface area contributed by atoms with Crippen molar-refractivity contribution in [3.05, 3.63) is 82.2 Å². The Balaban J connectivity index is 1.47. The first-order valence-electron chi connectivity index (χ1n) is 9.00. The Labute approximate surface area is 156 Å². The molecule has 3 aromatic rings. The highest BCUT2D eigenvalue weighted by Gasteiger charge is 2.24. The van der Waals surface area contributed by atoms with Crippen LogP contribution in [0.1, 0.15) is 5.56 Å². The normalized spacial score (nSPS) is 15.2. The van der Waals surface area contributed by atoms with Gasteiger partial charge in [-0.15, -0.1) is 0 Å². The smallest absolute Gasteiger partial charge is 0.295 e. The monoisotopic (exact) mass is 365 g/mol. The molecule has 1 fully saturated rings. The molecule has 0 saturated carbocycles. The Bertz CT molecular complexity index is 979. The summed E-state index contributed by atoms with van der Waals surface area (Å²) in [6.45, 7) is 3.81. The van der Waals surface area contributed by atoms with E-state index in [-0.39, 0.29) is 5.69 Å². The molecule has 138 valence electrons. The number of halogens is 1. The van der Waals surface area contributed by atoms with E-state index in [9.17, 15) is 14.5 Å². The lowest BCUT2D eigenvalue weighted by molar-refractivity contribution is -0.384. The van der Waals surface area contributed by atoms with Gasteiger partial charge in [-0.3, -0.25) is 15.0 Å². The lowest BCUT2D eigenvalue weighted by Crippen LogP contribution is -2.46. The Kier molecular flexibility index (Phi) is 4.73. The highest BCUT2D eigenvalue weighted by molar-refractivity contribution is 5.85. The van der Waals surface area contributed by atoms with Gasteiger partial charge in [0.1, 0.15) is 11.5 Å². The molecular formula is C21H20FN3O2. The van der Waals surface area contributed by atoms with E-state index in [2.05, 4.69) is 41.3 Å². The van der Waals surface area contributed by atoms with Crippen molar-refractivity contribution in [2.24, 2.45) is 0 Å². The van der Waals surface area contributed by atoms with Crippen molar-refractivity contribution in [1.82, 2.24) is 4.90 Å². The molecule has 3 aromatic carbocycles. The minimum absolute atomic E-state index is 0.169. The highest BCUT2D eigenvalue weighted by atomic mass is 19.1. The van der Waals surface area contributed by atoms with Crippen molar-refractivity contribution in [2.75, 3.05) is 31.1 Å². The Morgan fingerprint density at radius 3 is 2.48 bits per heavy atom. The van der Waals surface area contributed by atoms with Gasteiger partial charge >= 0.3 is 0 Å². The fraction of sp³-hybridized carbons (Fsp3) is 0.238. The number of nitro groups is 1. The summed E-state index contributed by atoms with van der Waals surface area (Å²) in [4.78, 5) is 15.1. The summed E-state index contributed by atoms with van der Waals surface area (Å²) in [7, 11) is 0. The number of piperazine rings is 1. The molecule has 1 aliphatic heterocycles. The Morgan fingerprint density at radius 1 is 0.963 bits per heavy atom. The van der Waals surface area contributed by atoms with Crippen molar-refractivity contribution in [2.45, 2.75) is 6.54 Å². The minimum atomic E-state index is -0.583. The first-order chi connectivity index (χ1) is 13.1. The van der Waals surface area contributed by atoms with Crippen LogP contribution in [0.2, 0.25) is 0 Å². The van der Waals surface area contributed by atoms with Crippen LogP contribution < -0.4 is 4.90 Å². The summed E-state index contributed by atoms with van der Waals surface area (Å²) in [5, 5.41) is 13.7. The molecule has 0 aromatic heterocycles. The second-order valence-corrected chi connectivity index (χ2v) is 6.79. The number of benzene rings is 3. The molecule has 0 radical (unpaired) electrons. The predicted molar refractivity (Wildman–Crippen MR) is 104 cm³/mol. The van der Waals surface area contributed by atoms with Crippen LogP contribution in [0, 0.1) is 15.9 Å². The molecule has 0 unspecified atom stereocenters. The second-order valence-electron chi connectivity index (χ2n) is 6.79. The zero-order chi connectivity index (χ0) is 18.8. The fourth-order valence-electron chi connectivity index (χ4n) is 3.73. The van der Waals surface area contributed by atoms with E-state index in [1.54, 1.807) is 0 Å². The summed E-state index contributed by atoms with van der Waals surface area (Å²) in [6, 6.07) is 18.5. The van der Waals surface area contributed by atoms with Crippen LogP contribution in [0.15, 0.2) is 60.7 Å². The molecule has 27 heavy (non-hydrogen) atoms. The van der Waals surface area contributed by atoms with E-state index < -0.39 is 10.7 Å². The average molecular weight is 365 g/mol. The Hall–Kier alpha value is -2.99. The van der Waals surface area contributed by atoms with Gasteiger partial charge in [-0.2, -0.15) is 0 Å². The van der Waals surface area contributed by atoms with Crippen LogP contribution in [-0.2, 0) is 6.54 Å². The quantitative estimate of drug-likeness (QED) is 0.513. The van der Waals surface area contributed by atoms with Crippen LogP contribution >= 0.6 is 0 Å². The molecule has 0 atom stereocenters. The number of rotatable bonds is 4. The van der Waals surface area contributed by atoms with Gasteiger partial charge in [-0.25, -0.2) is 4.39 Å². The fourth-order valence-corrected chi connectivity index (χ4v) is 3.73. The van der Waals surface area contributed by atoms with Gasteiger partial charge in [-0.05, 0) is 28.5 Å². The van der Waals surface area contributed by atoms with Crippen LogP contribution in [0.4, 0.5) is 15.8 Å². The predicted octanol–water partition coefficient (Wildman–Crippen LogP) is 4.21. The maximum absolute atomic E-state index is 13.4. The molecular weight excluding hydrogens is 345 g/mol. The summed E-state index contributed by atoms with van der Waals surface area (Å²) in [5.74, 6) is -0.583. The van der Waals surface area contributed by atoms with E-state index in [0.29, 0.717) is 18.8 Å². The van der Waals surface area contributed by atoms with Crippen LogP contribution in [-0.4, -0.2) is 36.0 Å². The third-order valence-electron chi connectivity index (χ3n) is 5.12. The SMILES string of the molecule is O=[N+]([O-])c1cc(F)ccc1N1CCN(Cc2cccc3ccccc23)CC1. The third kappa shape index (κ3) is 3.61. The van der Waals surface area contributed by atoms with Gasteiger partial charge in [0, 0.05) is 32.7 Å². The van der Waals surface area contributed by atoms with Crippen LogP contribution in [0.3, 0.4) is 0 Å². The maximum Gasteiger partial charge on any atom is 0.295 e. The number of nitro benzene ring substituents is 1. The van der Waals surface area contributed by atoms with Crippen LogP contribution in [0.25, 0.3) is 10.8 Å². The standard InChI is InChI=1S/C21H20FN3O2/c22-18-8-9-20(21(14-18)25(26)27)24-12-10-23(11-13-24)15-17-6-3-5-16-4-1-2-7-19(16)17/h1-9,14H,10-13,15H2. The third-order valence-corrected chi connectivity index (χ3v) is 5.12. The summed E-state index contributed by atoms with van der Waals surface area (Å²) in [6.07, 6.45) is 0. The molecule has 0 amide bonds. The van der Waals surface area contributed by atoms with Gasteiger partial charge in [0.05, 0.1) is 11.0 Å². The van der Waals surface area contributed by atoms with E-state index >= 15 is 0 Å². The van der Waals surface area contributed by atoms with Crippen molar-refractivity contribution < 1.29 is 9.31 Å². The van der Waals surface area contributed by atoms with E-state index in [1.165, 1.54) is 28.5 Å². The molecule has 0 spiro atoms. The molecule has 0 aliphatic carbocycles. The number of nitrogens with zero attached hydrogens (tertiary/aromatic N) is 3. The molecule has 6 heteroatoms. The first kappa shape index (κ1) is 17.4. The number of hydrogen-bond acceptors (Lipinski definition) is 4. The summed E-state index contributed by atoms with van der Waals surface area (Å²) in [5.41, 5.74) is 1.61. The zero-order valence-electron chi connectivity index (χ0n) is 14.8. The Morgan fingerprint density at radius 2 is 1.70 bits per heavy atom. The molecule has 0 N–H and O–H groups in total. The lowest BCUT2D eigenvalue weighted by atomic mass is 10.0. The molecule has 0 bridgehead atoms. The molecule has 1 saturated heterocycles. The lowest BCUT2D eigenvalue weighted by Gasteiger charge is -2.36. The van der Waals surface area contributed by atoms with Crippen molar-refractivity contribution in [3.8, 4) is 0 Å². The second kappa shape index (κ2) is 7.32. The first-order valence-corrected chi connectivity index (χ1v) is 9.00. The number of fused-ring (bicyclic) bond motifs is 1. The molecule has 1 heterocycles. The molecule has 1 aliphatic rings. The summed E-state index contributed by atoms with van der Waals surface area (Å²) < 4.78 is 13.4. The van der Waals surface area contributed by atoms with E-state index in [1.807, 2.05) is 11.0 Å². The highest BCUT2D eigenvalue weighted by Crippen LogP contribution is 2.30. The molecule has 4 rings (SSSR count). The van der Waals surface area contributed by atoms with Crippen molar-refractivity contribution >= 4 is 22.1 Å². The van der Waals surface area contributed by atoms with Crippen molar-refractivity contribution in [3.63, 3.8) is 0 Å². The maximum atomic E-state index is 13.4. The molecule has 5 nitrogen and oxygen atoms in total. The van der Waals surface area contributed by atoms with Gasteiger partial charge in [0.25, 0.3) is 5.69 Å². The topological polar surface area (TPSA) is 49.6 Å².